The molecule has 1 aliphatic heterocycles. The van der Waals surface area contributed by atoms with Crippen LogP contribution >= 0.6 is 0 Å². The van der Waals surface area contributed by atoms with Gasteiger partial charge in [-0.15, -0.1) is 0 Å². The molecule has 208 valence electrons. The van der Waals surface area contributed by atoms with Crippen LogP contribution in [0.15, 0.2) is 61.1 Å². The highest BCUT2D eigenvalue weighted by atomic mass is 19.2. The van der Waals surface area contributed by atoms with Crippen LogP contribution < -0.4 is 20.7 Å². The van der Waals surface area contributed by atoms with Crippen LogP contribution in [0.3, 0.4) is 0 Å². The van der Waals surface area contributed by atoms with E-state index < -0.39 is 41.7 Å². The lowest BCUT2D eigenvalue weighted by Crippen LogP contribution is -2.33. The number of nitriles is 1. The van der Waals surface area contributed by atoms with Gasteiger partial charge < -0.3 is 25.8 Å². The van der Waals surface area contributed by atoms with Crippen molar-refractivity contribution in [1.29, 1.82) is 5.26 Å². The second-order valence-electron chi connectivity index (χ2n) is 9.31. The Hall–Kier alpha value is -4.99. The minimum Gasteiger partial charge on any atom is -0.496 e. The number of anilines is 2. The van der Waals surface area contributed by atoms with Crippen molar-refractivity contribution in [2.75, 3.05) is 30.4 Å². The van der Waals surface area contributed by atoms with Gasteiger partial charge in [0.2, 0.25) is 0 Å². The molecule has 0 spiro atoms. The van der Waals surface area contributed by atoms with Crippen molar-refractivity contribution in [2.45, 2.75) is 18.5 Å². The molecular weight excluding hydrogens is 532 g/mol. The van der Waals surface area contributed by atoms with Crippen LogP contribution in [-0.2, 0) is 0 Å². The van der Waals surface area contributed by atoms with Crippen LogP contribution in [-0.4, -0.2) is 58.2 Å². The van der Waals surface area contributed by atoms with E-state index in [2.05, 4.69) is 26.3 Å². The highest BCUT2D eigenvalue weighted by Crippen LogP contribution is 2.37. The van der Waals surface area contributed by atoms with Crippen molar-refractivity contribution in [3.05, 3.63) is 83.9 Å². The number of aromatic nitrogens is 3. The van der Waals surface area contributed by atoms with Gasteiger partial charge in [0, 0.05) is 36.7 Å². The lowest BCUT2D eigenvalue weighted by Gasteiger charge is -2.28. The first-order valence-electron chi connectivity index (χ1n) is 13.9. The maximum Gasteiger partial charge on any atom is 0.274 e. The van der Waals surface area contributed by atoms with Crippen LogP contribution in [0.25, 0.3) is 22.5 Å². The highest BCUT2D eigenvalue weighted by molar-refractivity contribution is 6.05. The zero-order valence-corrected chi connectivity index (χ0v) is 21.4. The number of ether oxygens (including phenoxy) is 1. The normalized spacial score (nSPS) is 17.7. The minimum absolute atomic E-state index is 0.198. The molecule has 0 radical (unpaired) electrons. The summed E-state index contributed by atoms with van der Waals surface area (Å²) in [6, 6.07) is 11.1. The molecule has 0 unspecified atom stereocenters. The average molecular weight is 561 g/mol. The molecule has 1 fully saturated rings. The van der Waals surface area contributed by atoms with E-state index in [9.17, 15) is 23.9 Å². The number of benzene rings is 2. The summed E-state index contributed by atoms with van der Waals surface area (Å²) >= 11 is 0. The van der Waals surface area contributed by atoms with Gasteiger partial charge in [0.1, 0.15) is 11.4 Å². The highest BCUT2D eigenvalue weighted by Gasteiger charge is 2.32. The van der Waals surface area contributed by atoms with E-state index in [1.807, 2.05) is 4.90 Å². The number of aliphatic hydroxyl groups excluding tert-OH is 1. The van der Waals surface area contributed by atoms with E-state index >= 15 is 0 Å². The van der Waals surface area contributed by atoms with Gasteiger partial charge in [-0.25, -0.2) is 18.7 Å². The Morgan fingerprint density at radius 2 is 2.15 bits per heavy atom. The first-order valence-corrected chi connectivity index (χ1v) is 12.4. The number of methoxy groups -OCH3 is 1. The molecule has 4 N–H and O–H groups in total. The van der Waals surface area contributed by atoms with Gasteiger partial charge in [-0.3, -0.25) is 9.78 Å². The monoisotopic (exact) mass is 560 g/mol. The van der Waals surface area contributed by atoms with Crippen LogP contribution in [0.5, 0.6) is 5.75 Å². The largest absolute Gasteiger partial charge is 0.496 e. The third kappa shape index (κ3) is 5.41. The van der Waals surface area contributed by atoms with Gasteiger partial charge in [0.15, 0.2) is 17.5 Å². The van der Waals surface area contributed by atoms with Crippen molar-refractivity contribution >= 4 is 17.3 Å². The predicted molar refractivity (Wildman–Crippen MR) is 147 cm³/mol. The van der Waals surface area contributed by atoms with Gasteiger partial charge in [-0.1, -0.05) is 6.07 Å². The molecule has 10 nitrogen and oxygen atoms in total. The first-order chi connectivity index (χ1) is 21.0. The molecule has 1 amide bonds. The molecule has 0 saturated carbocycles. The second kappa shape index (κ2) is 11.6. The predicted octanol–water partition coefficient (Wildman–Crippen LogP) is 3.51. The minimum atomic E-state index is -2.98. The van der Waals surface area contributed by atoms with Gasteiger partial charge in [-0.2, -0.15) is 5.26 Å². The van der Waals surface area contributed by atoms with E-state index in [1.54, 1.807) is 30.5 Å². The van der Waals surface area contributed by atoms with Crippen molar-refractivity contribution in [1.82, 2.24) is 15.0 Å². The number of aliphatic hydroxyl groups is 1. The number of hydrogen-bond acceptors (Lipinski definition) is 9. The quantitative estimate of drug-likeness (QED) is 0.308. The van der Waals surface area contributed by atoms with E-state index in [0.717, 1.165) is 12.3 Å². The standard InChI is InChI=1S/C29H25F2N7O3/c1-41-25-5-3-21(30)27(31)26(25)28-35-9-7-23(36-28)29(40)37-22-4-2-16(20-13-34-8-6-17(20)12-32)10-24(22)38-14-18(33)11-19(38)15-39/h2-10,13,18-19,39H,11,14-15,33H2,1H3,(H,37,40)/t18-,19-/m0/s1/i1D3. The van der Waals surface area contributed by atoms with E-state index in [0.29, 0.717) is 47.1 Å². The topological polar surface area (TPSA) is 150 Å². The fourth-order valence-corrected chi connectivity index (χ4v) is 4.80. The summed E-state index contributed by atoms with van der Waals surface area (Å²) in [6.07, 6.45) is 4.69. The summed E-state index contributed by atoms with van der Waals surface area (Å²) < 4.78 is 55.9. The molecule has 0 aliphatic carbocycles. The lowest BCUT2D eigenvalue weighted by molar-refractivity contribution is 0.102. The molecule has 2 aromatic heterocycles. The van der Waals surface area contributed by atoms with Crippen molar-refractivity contribution in [2.24, 2.45) is 5.73 Å². The summed E-state index contributed by atoms with van der Waals surface area (Å²) in [4.78, 5) is 27.4. The average Bonchev–Trinajstić information content (AvgIpc) is 3.39. The smallest absolute Gasteiger partial charge is 0.274 e. The maximum absolute atomic E-state index is 14.9. The Morgan fingerprint density at radius 3 is 2.93 bits per heavy atom. The van der Waals surface area contributed by atoms with Crippen molar-refractivity contribution < 1.29 is 27.5 Å². The number of nitrogens with zero attached hydrogens (tertiary/aromatic N) is 5. The van der Waals surface area contributed by atoms with E-state index in [4.69, 9.17) is 14.6 Å². The summed E-state index contributed by atoms with van der Waals surface area (Å²) in [7, 11) is -2.98. The zero-order valence-electron chi connectivity index (χ0n) is 24.4. The number of halogens is 2. The lowest BCUT2D eigenvalue weighted by atomic mass is 10.0. The number of carbonyl (C=O) groups is 1. The van der Waals surface area contributed by atoms with Crippen LogP contribution in [0.2, 0.25) is 0 Å². The van der Waals surface area contributed by atoms with Gasteiger partial charge in [-0.05, 0) is 48.4 Å². The van der Waals surface area contributed by atoms with Crippen LogP contribution in [0.1, 0.15) is 26.6 Å². The van der Waals surface area contributed by atoms with E-state index in [-0.39, 0.29) is 24.4 Å². The number of hydrogen-bond donors (Lipinski definition) is 3. The first kappa shape index (κ1) is 23.9. The van der Waals surface area contributed by atoms with Gasteiger partial charge in [0.25, 0.3) is 5.91 Å². The maximum atomic E-state index is 14.9. The van der Waals surface area contributed by atoms with E-state index in [1.165, 1.54) is 12.3 Å². The molecule has 3 heterocycles. The molecule has 1 aliphatic rings. The van der Waals surface area contributed by atoms with Gasteiger partial charge >= 0.3 is 0 Å². The van der Waals surface area contributed by atoms with Crippen molar-refractivity contribution in [3.8, 4) is 34.3 Å². The summed E-state index contributed by atoms with van der Waals surface area (Å²) in [5.41, 5.74) is 7.69. The Labute approximate surface area is 238 Å². The number of nitrogens with two attached hydrogens (primary N) is 1. The second-order valence-corrected chi connectivity index (χ2v) is 9.31. The number of amides is 1. The number of carbonyl (C=O) groups excluding carboxylic acids is 1. The molecule has 5 rings (SSSR count). The van der Waals surface area contributed by atoms with Crippen LogP contribution in [0.4, 0.5) is 20.2 Å². The Kier molecular flexibility index (Phi) is 6.77. The summed E-state index contributed by atoms with van der Waals surface area (Å²) in [5, 5.41) is 22.4. The summed E-state index contributed by atoms with van der Waals surface area (Å²) in [5.74, 6) is -4.50. The molecule has 4 aromatic rings. The molecule has 2 atom stereocenters. The number of nitrogens with one attached hydrogen (secondary N) is 1. The fraction of sp³-hybridized carbons (Fsp3) is 0.207. The Balaban J connectivity index is 1.54. The number of pyridine rings is 1. The molecule has 0 bridgehead atoms. The zero-order chi connectivity index (χ0) is 31.6. The Morgan fingerprint density at radius 1 is 1.29 bits per heavy atom. The van der Waals surface area contributed by atoms with Gasteiger partial charge in [0.05, 0.1) is 52.4 Å². The third-order valence-electron chi connectivity index (χ3n) is 6.74. The molecule has 1 saturated heterocycles. The molecule has 2 aromatic carbocycles. The Bertz CT molecular complexity index is 1770. The third-order valence-corrected chi connectivity index (χ3v) is 6.74. The fourth-order valence-electron chi connectivity index (χ4n) is 4.80. The SMILES string of the molecule is [2H]C([2H])([2H])Oc1ccc(F)c(F)c1-c1nccc(C(=O)Nc2ccc(-c3cnccc3C#N)cc2N2C[C@@H](N)C[C@H]2CO)n1. The van der Waals surface area contributed by atoms with Crippen LogP contribution in [0, 0.1) is 23.0 Å². The molecular formula is C29H25F2N7O3. The number of rotatable bonds is 7. The molecule has 41 heavy (non-hydrogen) atoms. The summed E-state index contributed by atoms with van der Waals surface area (Å²) in [6.45, 7) is 0.176. The molecule has 12 heteroatoms. The van der Waals surface area contributed by atoms with Crippen molar-refractivity contribution in [3.63, 3.8) is 0 Å².